The Labute approximate surface area is 317 Å². The Balaban J connectivity index is 1.35. The molecule has 0 radical (unpaired) electrons. The number of allylic oxidation sites excluding steroid dienone is 1. The molecule has 0 spiro atoms. The predicted octanol–water partition coefficient (Wildman–Crippen LogP) is 4.37. The van der Waals surface area contributed by atoms with Crippen LogP contribution < -0.4 is 24.8 Å². The van der Waals surface area contributed by atoms with Gasteiger partial charge in [0.25, 0.3) is 5.91 Å². The molecule has 294 valence electrons. The molecule has 1 aromatic heterocycles. The average molecular weight is 768 g/mol. The highest BCUT2D eigenvalue weighted by molar-refractivity contribution is 7.90. The average Bonchev–Trinajstić information content (AvgIpc) is 3.60. The molecule has 3 N–H and O–H groups in total. The van der Waals surface area contributed by atoms with E-state index in [1.165, 1.54) is 4.90 Å². The number of carbonyl (C=O) groups is 4. The number of benzene rings is 1. The van der Waals surface area contributed by atoms with Gasteiger partial charge in [0, 0.05) is 23.1 Å². The molecule has 6 rings (SSSR count). The Kier molecular flexibility index (Phi) is 11.2. The van der Waals surface area contributed by atoms with Crippen molar-refractivity contribution in [2.24, 2.45) is 17.8 Å². The molecular weight excluding hydrogens is 715 g/mol. The van der Waals surface area contributed by atoms with E-state index in [0.29, 0.717) is 42.7 Å². The number of fused-ring (bicyclic) bond motifs is 3. The third kappa shape index (κ3) is 8.45. The number of methoxy groups -OCH3 is 1. The molecular formula is C39H53N5O9S. The lowest BCUT2D eigenvalue weighted by Crippen LogP contribution is -2.59. The van der Waals surface area contributed by atoms with Crippen LogP contribution in [0.3, 0.4) is 0 Å². The maximum Gasteiger partial charge on any atom is 0.408 e. The molecule has 3 fully saturated rings. The fourth-order valence-corrected chi connectivity index (χ4v) is 9.35. The molecule has 1 saturated heterocycles. The molecule has 1 unspecified atom stereocenters. The molecule has 4 aliphatic rings. The van der Waals surface area contributed by atoms with E-state index in [0.717, 1.165) is 18.2 Å². The molecule has 3 heterocycles. The zero-order valence-electron chi connectivity index (χ0n) is 31.9. The van der Waals surface area contributed by atoms with Crippen LogP contribution in [-0.2, 0) is 29.1 Å². The lowest BCUT2D eigenvalue weighted by atomic mass is 9.88. The quantitative estimate of drug-likeness (QED) is 0.342. The summed E-state index contributed by atoms with van der Waals surface area (Å²) in [4.78, 5) is 62.2. The Morgan fingerprint density at radius 3 is 2.44 bits per heavy atom. The maximum absolute atomic E-state index is 14.7. The van der Waals surface area contributed by atoms with Gasteiger partial charge >= 0.3 is 6.09 Å². The summed E-state index contributed by atoms with van der Waals surface area (Å²) in [6.07, 6.45) is 7.94. The number of ether oxygens (including phenoxy) is 3. The zero-order chi connectivity index (χ0) is 39.0. The van der Waals surface area contributed by atoms with Gasteiger partial charge < -0.3 is 29.7 Å². The highest BCUT2D eigenvalue weighted by Gasteiger charge is 2.62. The molecule has 4 amide bonds. The summed E-state index contributed by atoms with van der Waals surface area (Å²) < 4.78 is 45.9. The van der Waals surface area contributed by atoms with Crippen molar-refractivity contribution < 1.29 is 41.8 Å². The molecule has 2 saturated carbocycles. The first kappa shape index (κ1) is 39.3. The van der Waals surface area contributed by atoms with Crippen LogP contribution in [0.5, 0.6) is 11.6 Å². The monoisotopic (exact) mass is 767 g/mol. The van der Waals surface area contributed by atoms with Crippen molar-refractivity contribution in [1.82, 2.24) is 25.2 Å². The van der Waals surface area contributed by atoms with Gasteiger partial charge in [-0.05, 0) is 77.2 Å². The van der Waals surface area contributed by atoms with Crippen LogP contribution in [0.25, 0.3) is 10.8 Å². The van der Waals surface area contributed by atoms with E-state index in [2.05, 4.69) is 27.3 Å². The van der Waals surface area contributed by atoms with Gasteiger partial charge in [-0.15, -0.1) is 0 Å². The summed E-state index contributed by atoms with van der Waals surface area (Å²) in [5.74, 6) is -1.68. The minimum Gasteiger partial charge on any atom is -0.494 e. The van der Waals surface area contributed by atoms with Crippen molar-refractivity contribution in [3.05, 3.63) is 42.6 Å². The van der Waals surface area contributed by atoms with E-state index in [1.807, 2.05) is 43.3 Å². The van der Waals surface area contributed by atoms with Crippen LogP contribution in [0.2, 0.25) is 0 Å². The number of hydrogen-bond acceptors (Lipinski definition) is 10. The predicted molar refractivity (Wildman–Crippen MR) is 201 cm³/mol. The maximum atomic E-state index is 14.7. The van der Waals surface area contributed by atoms with Gasteiger partial charge in [0.1, 0.15) is 35.1 Å². The summed E-state index contributed by atoms with van der Waals surface area (Å²) in [5.41, 5.74) is -2.33. The summed E-state index contributed by atoms with van der Waals surface area (Å²) in [6, 6.07) is 5.27. The first-order chi connectivity index (χ1) is 25.5. The van der Waals surface area contributed by atoms with E-state index in [1.54, 1.807) is 34.1 Å². The molecule has 2 aromatic rings. The van der Waals surface area contributed by atoms with Crippen LogP contribution in [0.4, 0.5) is 4.79 Å². The third-order valence-corrected chi connectivity index (χ3v) is 12.9. The van der Waals surface area contributed by atoms with Crippen molar-refractivity contribution in [3.63, 3.8) is 0 Å². The minimum absolute atomic E-state index is 0.0215. The number of rotatable bonds is 7. The first-order valence-corrected chi connectivity index (χ1v) is 20.5. The highest BCUT2D eigenvalue weighted by Crippen LogP contribution is 2.46. The highest BCUT2D eigenvalue weighted by atomic mass is 32.2. The van der Waals surface area contributed by atoms with Crippen molar-refractivity contribution in [2.45, 2.75) is 121 Å². The van der Waals surface area contributed by atoms with Crippen molar-refractivity contribution in [3.8, 4) is 11.6 Å². The third-order valence-electron chi connectivity index (χ3n) is 11.0. The number of sulfonamides is 1. The van der Waals surface area contributed by atoms with Gasteiger partial charge in [0.15, 0.2) is 0 Å². The van der Waals surface area contributed by atoms with Crippen molar-refractivity contribution in [2.75, 3.05) is 13.7 Å². The Morgan fingerprint density at radius 1 is 1.06 bits per heavy atom. The molecule has 54 heavy (non-hydrogen) atoms. The lowest BCUT2D eigenvalue weighted by molar-refractivity contribution is -0.142. The standard InChI is InChI=1S/C39H53N5O9S/c1-23-12-7-8-13-25-20-39(25,36(47)43-54(49,50)27-14-11-15-27)42-33(45)30-19-26(52-34-29-17-10-9-16-28(29)31(51-6)21-40-34)22-44(30)35(46)32(24(2)18-23)41-37(48)53-38(3,4)5/h8-10,13,16-17,21,23-27,30,32H,7,11-12,14-15,18-20,22H2,1-6H3,(H,41,48)(H,42,45)(H,43,47)/b13-8-/t23-,24-,25?,26-,30+,32+,39-/m1/s1. The van der Waals surface area contributed by atoms with Crippen molar-refractivity contribution in [1.29, 1.82) is 0 Å². The van der Waals surface area contributed by atoms with Crippen LogP contribution in [0.1, 0.15) is 86.0 Å². The fraction of sp³-hybridized carbons (Fsp3) is 0.615. The number of carbonyl (C=O) groups excluding carboxylic acids is 4. The van der Waals surface area contributed by atoms with Crippen molar-refractivity contribution >= 4 is 44.6 Å². The second kappa shape index (κ2) is 15.4. The number of nitrogens with one attached hydrogen (secondary N) is 3. The molecule has 0 bridgehead atoms. The molecule has 1 aromatic carbocycles. The number of nitrogens with zero attached hydrogens (tertiary/aromatic N) is 2. The fourth-order valence-electron chi connectivity index (χ4n) is 7.79. The largest absolute Gasteiger partial charge is 0.494 e. The van der Waals surface area contributed by atoms with Crippen LogP contribution >= 0.6 is 0 Å². The normalized spacial score (nSPS) is 30.0. The smallest absolute Gasteiger partial charge is 0.408 e. The van der Waals surface area contributed by atoms with Crippen LogP contribution in [0, 0.1) is 17.8 Å². The first-order valence-electron chi connectivity index (χ1n) is 18.9. The minimum atomic E-state index is -3.93. The topological polar surface area (TPSA) is 182 Å². The van der Waals surface area contributed by atoms with E-state index >= 15 is 0 Å². The van der Waals surface area contributed by atoms with E-state index in [4.69, 9.17) is 14.2 Å². The Hall–Kier alpha value is -4.40. The van der Waals surface area contributed by atoms with Gasteiger partial charge in [-0.1, -0.05) is 50.6 Å². The van der Waals surface area contributed by atoms with E-state index < -0.39 is 74.3 Å². The summed E-state index contributed by atoms with van der Waals surface area (Å²) in [7, 11) is -2.38. The van der Waals surface area contributed by atoms with E-state index in [9.17, 15) is 27.6 Å². The summed E-state index contributed by atoms with van der Waals surface area (Å²) >= 11 is 0. The number of amides is 4. The molecule has 2 aliphatic carbocycles. The Morgan fingerprint density at radius 2 is 1.78 bits per heavy atom. The number of hydrogen-bond donors (Lipinski definition) is 3. The van der Waals surface area contributed by atoms with Gasteiger partial charge in [0.05, 0.1) is 25.1 Å². The summed E-state index contributed by atoms with van der Waals surface area (Å²) in [6.45, 7) is 9.16. The van der Waals surface area contributed by atoms with E-state index in [-0.39, 0.29) is 31.2 Å². The molecule has 2 aliphatic heterocycles. The molecule has 14 nitrogen and oxygen atoms in total. The number of alkyl carbamates (subject to hydrolysis) is 1. The number of pyridine rings is 1. The SMILES string of the molecule is COc1cnc(O[C@@H]2C[C@H]3C(=O)N[C@]4(C(=O)NS(=O)(=O)C5CCC5)CC4/C=C\CC[C@@H](C)C[C@@H](C)[C@H](NC(=O)OC(C)(C)C)C(=O)N3C2)c2ccccc12. The second-order valence-corrected chi connectivity index (χ2v) is 18.4. The second-order valence-electron chi connectivity index (χ2n) is 16.4. The van der Waals surface area contributed by atoms with Gasteiger partial charge in [-0.2, -0.15) is 0 Å². The lowest BCUT2D eigenvalue weighted by Gasteiger charge is -2.33. The molecule has 15 heteroatoms. The molecule has 7 atom stereocenters. The van der Waals surface area contributed by atoms with Gasteiger partial charge in [-0.25, -0.2) is 18.2 Å². The van der Waals surface area contributed by atoms with Gasteiger partial charge in [0.2, 0.25) is 27.7 Å². The Bertz CT molecular complexity index is 1910. The van der Waals surface area contributed by atoms with Crippen LogP contribution in [0.15, 0.2) is 42.6 Å². The zero-order valence-corrected chi connectivity index (χ0v) is 32.7. The summed E-state index contributed by atoms with van der Waals surface area (Å²) in [5, 5.41) is 6.52. The van der Waals surface area contributed by atoms with Crippen LogP contribution in [-0.4, -0.2) is 90.3 Å². The number of aromatic nitrogens is 1. The van der Waals surface area contributed by atoms with Gasteiger partial charge in [-0.3, -0.25) is 19.1 Å².